The molecule has 1 aromatic carbocycles. The van der Waals surface area contributed by atoms with E-state index in [2.05, 4.69) is 10.6 Å². The van der Waals surface area contributed by atoms with Gasteiger partial charge in [0, 0.05) is 19.6 Å². The number of nitrogens with one attached hydrogen (secondary N) is 2. The lowest BCUT2D eigenvalue weighted by Gasteiger charge is -2.32. The maximum absolute atomic E-state index is 12.1. The van der Waals surface area contributed by atoms with Crippen molar-refractivity contribution in [3.8, 4) is 0 Å². The van der Waals surface area contributed by atoms with Gasteiger partial charge in [0.05, 0.1) is 17.3 Å². The number of aryl methyl sites for hydroxylation is 1. The van der Waals surface area contributed by atoms with E-state index in [0.29, 0.717) is 30.3 Å². The third-order valence-corrected chi connectivity index (χ3v) is 3.70. The van der Waals surface area contributed by atoms with Gasteiger partial charge < -0.3 is 15.7 Å². The van der Waals surface area contributed by atoms with E-state index < -0.39 is 12.0 Å². The molecule has 21 heavy (non-hydrogen) atoms. The minimum atomic E-state index is -0.927. The first-order valence-electron chi connectivity index (χ1n) is 6.71. The van der Waals surface area contributed by atoms with Crippen LogP contribution in [0, 0.1) is 6.92 Å². The molecule has 1 unspecified atom stereocenters. The van der Waals surface area contributed by atoms with Gasteiger partial charge in [-0.3, -0.25) is 14.5 Å². The van der Waals surface area contributed by atoms with Crippen LogP contribution in [0.5, 0.6) is 0 Å². The topological polar surface area (TPSA) is 81.7 Å². The van der Waals surface area contributed by atoms with Crippen molar-refractivity contribution in [2.24, 2.45) is 0 Å². The first-order chi connectivity index (χ1) is 9.97. The molecule has 1 amide bonds. The predicted octanol–water partition coefficient (Wildman–Crippen LogP) is 0.945. The molecule has 6 nitrogen and oxygen atoms in total. The summed E-state index contributed by atoms with van der Waals surface area (Å²) in [6.45, 7) is 3.47. The molecule has 0 radical (unpaired) electrons. The van der Waals surface area contributed by atoms with Crippen molar-refractivity contribution in [2.75, 3.05) is 31.5 Å². The number of hydrogen-bond acceptors (Lipinski definition) is 4. The summed E-state index contributed by atoms with van der Waals surface area (Å²) >= 11 is 6.06. The van der Waals surface area contributed by atoms with E-state index in [1.807, 2.05) is 13.0 Å². The first kappa shape index (κ1) is 15.8. The molecule has 1 fully saturated rings. The lowest BCUT2D eigenvalue weighted by molar-refractivity contribution is -0.144. The molecular formula is C14H18ClN3O3. The van der Waals surface area contributed by atoms with Gasteiger partial charge in [0.15, 0.2) is 0 Å². The minimum Gasteiger partial charge on any atom is -0.480 e. The van der Waals surface area contributed by atoms with Crippen molar-refractivity contribution in [1.82, 2.24) is 10.2 Å². The molecule has 1 aliphatic heterocycles. The largest absolute Gasteiger partial charge is 0.480 e. The van der Waals surface area contributed by atoms with Crippen LogP contribution in [0.15, 0.2) is 18.2 Å². The molecule has 114 valence electrons. The third-order valence-electron chi connectivity index (χ3n) is 3.38. The van der Waals surface area contributed by atoms with Gasteiger partial charge in [0.2, 0.25) is 5.91 Å². The van der Waals surface area contributed by atoms with Crippen LogP contribution < -0.4 is 10.6 Å². The molecule has 2 rings (SSSR count). The van der Waals surface area contributed by atoms with E-state index in [-0.39, 0.29) is 12.5 Å². The number of carbonyl (C=O) groups excluding carboxylic acids is 1. The third kappa shape index (κ3) is 4.17. The number of aliphatic carboxylic acids is 1. The summed E-state index contributed by atoms with van der Waals surface area (Å²) in [6.07, 6.45) is 0. The van der Waals surface area contributed by atoms with Crippen molar-refractivity contribution < 1.29 is 14.7 Å². The number of benzene rings is 1. The summed E-state index contributed by atoms with van der Waals surface area (Å²) in [5.41, 5.74) is 1.54. The number of hydrogen-bond donors (Lipinski definition) is 3. The number of amides is 1. The Labute approximate surface area is 128 Å². The van der Waals surface area contributed by atoms with Crippen molar-refractivity contribution in [1.29, 1.82) is 0 Å². The van der Waals surface area contributed by atoms with Crippen LogP contribution in [0.2, 0.25) is 5.02 Å². The predicted molar refractivity (Wildman–Crippen MR) is 80.7 cm³/mol. The van der Waals surface area contributed by atoms with E-state index in [1.165, 1.54) is 0 Å². The average Bonchev–Trinajstić information content (AvgIpc) is 2.42. The van der Waals surface area contributed by atoms with Gasteiger partial charge in [-0.15, -0.1) is 0 Å². The Bertz CT molecular complexity index is 550. The summed E-state index contributed by atoms with van der Waals surface area (Å²) in [7, 11) is 0. The van der Waals surface area contributed by atoms with E-state index in [0.717, 1.165) is 5.56 Å². The van der Waals surface area contributed by atoms with Gasteiger partial charge >= 0.3 is 5.97 Å². The van der Waals surface area contributed by atoms with E-state index in [9.17, 15) is 9.59 Å². The number of anilines is 1. The number of rotatable bonds is 4. The fourth-order valence-electron chi connectivity index (χ4n) is 2.27. The highest BCUT2D eigenvalue weighted by atomic mass is 35.5. The number of halogens is 1. The second-order valence-corrected chi connectivity index (χ2v) is 5.47. The zero-order valence-electron chi connectivity index (χ0n) is 11.7. The Morgan fingerprint density at radius 2 is 2.29 bits per heavy atom. The fourth-order valence-corrected chi connectivity index (χ4v) is 2.56. The second kappa shape index (κ2) is 6.89. The van der Waals surface area contributed by atoms with E-state index in [1.54, 1.807) is 17.0 Å². The molecule has 1 aliphatic rings. The van der Waals surface area contributed by atoms with E-state index in [4.69, 9.17) is 16.7 Å². The lowest BCUT2D eigenvalue weighted by atomic mass is 10.2. The average molecular weight is 312 g/mol. The molecule has 0 aliphatic carbocycles. The molecular weight excluding hydrogens is 294 g/mol. The quantitative estimate of drug-likeness (QED) is 0.771. The fraction of sp³-hybridized carbons (Fsp3) is 0.429. The Morgan fingerprint density at radius 1 is 1.52 bits per heavy atom. The summed E-state index contributed by atoms with van der Waals surface area (Å²) in [4.78, 5) is 24.9. The zero-order chi connectivity index (χ0) is 15.4. The highest BCUT2D eigenvalue weighted by Gasteiger charge is 2.29. The number of piperazine rings is 1. The zero-order valence-corrected chi connectivity index (χ0v) is 12.5. The second-order valence-electron chi connectivity index (χ2n) is 5.06. The van der Waals surface area contributed by atoms with Gasteiger partial charge in [-0.05, 0) is 24.6 Å². The Morgan fingerprint density at radius 3 is 2.95 bits per heavy atom. The maximum Gasteiger partial charge on any atom is 0.322 e. The molecule has 7 heteroatoms. The minimum absolute atomic E-state index is 0.0306. The highest BCUT2D eigenvalue weighted by molar-refractivity contribution is 6.33. The van der Waals surface area contributed by atoms with Gasteiger partial charge in [0.25, 0.3) is 0 Å². The van der Waals surface area contributed by atoms with Crippen molar-refractivity contribution >= 4 is 29.2 Å². The van der Waals surface area contributed by atoms with Gasteiger partial charge in [0.1, 0.15) is 6.04 Å². The van der Waals surface area contributed by atoms with Crippen LogP contribution in [-0.2, 0) is 9.59 Å². The molecule has 0 bridgehead atoms. The molecule has 0 spiro atoms. The summed E-state index contributed by atoms with van der Waals surface area (Å²) in [5, 5.41) is 15.3. The molecule has 0 saturated carbocycles. The van der Waals surface area contributed by atoms with Crippen LogP contribution >= 0.6 is 11.6 Å². The van der Waals surface area contributed by atoms with E-state index >= 15 is 0 Å². The van der Waals surface area contributed by atoms with Crippen LogP contribution in [0.4, 0.5) is 5.69 Å². The van der Waals surface area contributed by atoms with Crippen LogP contribution in [0.25, 0.3) is 0 Å². The Kier molecular flexibility index (Phi) is 5.17. The van der Waals surface area contributed by atoms with Gasteiger partial charge in [-0.1, -0.05) is 17.7 Å². The lowest BCUT2D eigenvalue weighted by Crippen LogP contribution is -2.56. The molecule has 1 heterocycles. The molecule has 0 aromatic heterocycles. The highest BCUT2D eigenvalue weighted by Crippen LogP contribution is 2.22. The van der Waals surface area contributed by atoms with Crippen molar-refractivity contribution in [3.63, 3.8) is 0 Å². The molecule has 3 N–H and O–H groups in total. The molecule has 1 atom stereocenters. The van der Waals surface area contributed by atoms with Crippen molar-refractivity contribution in [2.45, 2.75) is 13.0 Å². The van der Waals surface area contributed by atoms with Gasteiger partial charge in [-0.2, -0.15) is 0 Å². The number of carbonyl (C=O) groups is 2. The first-order valence-corrected chi connectivity index (χ1v) is 7.09. The maximum atomic E-state index is 12.1. The Balaban J connectivity index is 1.98. The smallest absolute Gasteiger partial charge is 0.322 e. The normalized spacial score (nSPS) is 19.2. The monoisotopic (exact) mass is 311 g/mol. The number of nitrogens with zero attached hydrogens (tertiary/aromatic N) is 1. The standard InChI is InChI=1S/C14H18ClN3O3/c1-9-2-3-11(10(15)6-9)17-13(19)8-18-5-4-16-7-12(18)14(20)21/h2-3,6,12,16H,4-5,7-8H2,1H3,(H,17,19)(H,20,21). The molecule has 1 saturated heterocycles. The van der Waals surface area contributed by atoms with Crippen molar-refractivity contribution in [3.05, 3.63) is 28.8 Å². The van der Waals surface area contributed by atoms with Crippen LogP contribution in [0.1, 0.15) is 5.56 Å². The van der Waals surface area contributed by atoms with Crippen LogP contribution in [0.3, 0.4) is 0 Å². The summed E-state index contributed by atoms with van der Waals surface area (Å²) < 4.78 is 0. The molecule has 1 aromatic rings. The summed E-state index contributed by atoms with van der Waals surface area (Å²) in [5.74, 6) is -1.20. The number of carboxylic acid groups (broad SMARTS) is 1. The Hall–Kier alpha value is -1.63. The van der Waals surface area contributed by atoms with Crippen LogP contribution in [-0.4, -0.2) is 54.1 Å². The summed E-state index contributed by atoms with van der Waals surface area (Å²) in [6, 6.07) is 4.68. The SMILES string of the molecule is Cc1ccc(NC(=O)CN2CCNCC2C(=O)O)c(Cl)c1. The number of carboxylic acids is 1. The van der Waals surface area contributed by atoms with Gasteiger partial charge in [-0.25, -0.2) is 0 Å².